The van der Waals surface area contributed by atoms with E-state index in [-0.39, 0.29) is 23.4 Å². The predicted molar refractivity (Wildman–Crippen MR) is 100 cm³/mol. The first-order chi connectivity index (χ1) is 13.2. The van der Waals surface area contributed by atoms with Crippen molar-refractivity contribution < 1.29 is 9.59 Å². The maximum Gasteiger partial charge on any atom is 0.272 e. The molecule has 0 saturated heterocycles. The van der Waals surface area contributed by atoms with Crippen molar-refractivity contribution >= 4 is 17.6 Å². The molecule has 7 heteroatoms. The molecule has 0 unspecified atom stereocenters. The zero-order chi connectivity index (χ0) is 18.6. The molecule has 1 saturated carbocycles. The quantitative estimate of drug-likeness (QED) is 0.706. The molecule has 4 rings (SSSR count). The zero-order valence-corrected chi connectivity index (χ0v) is 14.6. The predicted octanol–water partition coefficient (Wildman–Crippen LogP) is 2.55. The number of aromatic nitrogens is 3. The molecule has 2 aromatic heterocycles. The summed E-state index contributed by atoms with van der Waals surface area (Å²) in [6.45, 7) is 0.307. The van der Waals surface area contributed by atoms with Crippen LogP contribution in [0.4, 0.5) is 5.82 Å². The minimum absolute atomic E-state index is 0.0347. The summed E-state index contributed by atoms with van der Waals surface area (Å²) in [5, 5.41) is 10.1. The zero-order valence-electron chi connectivity index (χ0n) is 14.6. The molecule has 2 N–H and O–H groups in total. The lowest BCUT2D eigenvalue weighted by Gasteiger charge is -2.08. The lowest BCUT2D eigenvalue weighted by Crippen LogP contribution is -2.23. The SMILES string of the molecule is O=C(NCc1ccccn1)c1cc(NC(=O)C2CC2)n(-c2ccccc2)n1. The van der Waals surface area contributed by atoms with Gasteiger partial charge in [0.05, 0.1) is 17.9 Å². The molecular weight excluding hydrogens is 342 g/mol. The molecule has 27 heavy (non-hydrogen) atoms. The summed E-state index contributed by atoms with van der Waals surface area (Å²) in [6, 6.07) is 16.5. The first kappa shape index (κ1) is 17.0. The van der Waals surface area contributed by atoms with Gasteiger partial charge in [-0.25, -0.2) is 4.68 Å². The fourth-order valence-electron chi connectivity index (χ4n) is 2.69. The maximum atomic E-state index is 12.5. The first-order valence-corrected chi connectivity index (χ1v) is 8.85. The number of carbonyl (C=O) groups is 2. The second-order valence-electron chi connectivity index (χ2n) is 6.43. The highest BCUT2D eigenvalue weighted by molar-refractivity contribution is 5.97. The molecule has 1 fully saturated rings. The van der Waals surface area contributed by atoms with Crippen LogP contribution in [-0.2, 0) is 11.3 Å². The van der Waals surface area contributed by atoms with Crippen molar-refractivity contribution in [3.05, 3.63) is 72.2 Å². The van der Waals surface area contributed by atoms with Gasteiger partial charge in [-0.1, -0.05) is 24.3 Å². The second-order valence-corrected chi connectivity index (χ2v) is 6.43. The summed E-state index contributed by atoms with van der Waals surface area (Å²) in [5.41, 5.74) is 1.77. The minimum Gasteiger partial charge on any atom is -0.345 e. The number of nitrogens with zero attached hydrogens (tertiary/aromatic N) is 3. The van der Waals surface area contributed by atoms with E-state index in [0.29, 0.717) is 12.4 Å². The van der Waals surface area contributed by atoms with Gasteiger partial charge in [0.2, 0.25) is 5.91 Å². The molecule has 0 bridgehead atoms. The smallest absolute Gasteiger partial charge is 0.272 e. The number of amides is 2. The summed E-state index contributed by atoms with van der Waals surface area (Å²) in [7, 11) is 0. The van der Waals surface area contributed by atoms with E-state index >= 15 is 0 Å². The van der Waals surface area contributed by atoms with Crippen LogP contribution in [0.3, 0.4) is 0 Å². The Morgan fingerprint density at radius 3 is 2.56 bits per heavy atom. The van der Waals surface area contributed by atoms with Crippen LogP contribution < -0.4 is 10.6 Å². The number of benzene rings is 1. The van der Waals surface area contributed by atoms with Gasteiger partial charge in [-0.2, -0.15) is 5.10 Å². The Balaban J connectivity index is 1.56. The van der Waals surface area contributed by atoms with E-state index in [4.69, 9.17) is 0 Å². The summed E-state index contributed by atoms with van der Waals surface area (Å²) < 4.78 is 1.58. The van der Waals surface area contributed by atoms with Crippen LogP contribution in [0.1, 0.15) is 29.0 Å². The monoisotopic (exact) mass is 361 g/mol. The van der Waals surface area contributed by atoms with Gasteiger partial charge in [-0.3, -0.25) is 14.6 Å². The van der Waals surface area contributed by atoms with Crippen molar-refractivity contribution in [2.24, 2.45) is 5.92 Å². The van der Waals surface area contributed by atoms with Crippen molar-refractivity contribution in [1.82, 2.24) is 20.1 Å². The summed E-state index contributed by atoms with van der Waals surface area (Å²) in [6.07, 6.45) is 3.49. The van der Waals surface area contributed by atoms with Crippen LogP contribution in [-0.4, -0.2) is 26.6 Å². The number of rotatable bonds is 6. The Bertz CT molecular complexity index is 949. The molecule has 136 valence electrons. The first-order valence-electron chi connectivity index (χ1n) is 8.85. The summed E-state index contributed by atoms with van der Waals surface area (Å²) >= 11 is 0. The Kier molecular flexibility index (Phi) is 4.65. The van der Waals surface area contributed by atoms with E-state index in [0.717, 1.165) is 24.2 Å². The fourth-order valence-corrected chi connectivity index (χ4v) is 2.69. The van der Waals surface area contributed by atoms with Gasteiger partial charge in [0, 0.05) is 18.2 Å². The number of nitrogens with one attached hydrogen (secondary N) is 2. The number of carbonyl (C=O) groups excluding carboxylic acids is 2. The number of para-hydroxylation sites is 1. The van der Waals surface area contributed by atoms with Gasteiger partial charge < -0.3 is 10.6 Å². The molecule has 0 spiro atoms. The van der Waals surface area contributed by atoms with E-state index in [9.17, 15) is 9.59 Å². The molecule has 7 nitrogen and oxygen atoms in total. The van der Waals surface area contributed by atoms with Gasteiger partial charge in [-0.15, -0.1) is 0 Å². The van der Waals surface area contributed by atoms with Gasteiger partial charge in [0.15, 0.2) is 5.69 Å². The topological polar surface area (TPSA) is 88.9 Å². The number of hydrogen-bond acceptors (Lipinski definition) is 4. The molecule has 0 radical (unpaired) electrons. The fraction of sp³-hybridized carbons (Fsp3) is 0.200. The summed E-state index contributed by atoms with van der Waals surface area (Å²) in [4.78, 5) is 28.9. The second kappa shape index (κ2) is 7.41. The lowest BCUT2D eigenvalue weighted by molar-refractivity contribution is -0.117. The Hall–Kier alpha value is -3.48. The van der Waals surface area contributed by atoms with Gasteiger partial charge >= 0.3 is 0 Å². The third kappa shape index (κ3) is 4.03. The Labute approximate surface area is 156 Å². The third-order valence-electron chi connectivity index (χ3n) is 4.30. The Morgan fingerprint density at radius 1 is 1.07 bits per heavy atom. The molecule has 2 heterocycles. The Morgan fingerprint density at radius 2 is 1.85 bits per heavy atom. The normalized spacial score (nSPS) is 13.2. The standard InChI is InChI=1S/C20H19N5O2/c26-19(14-9-10-14)23-18-12-17(24-25(18)16-7-2-1-3-8-16)20(27)22-13-15-6-4-5-11-21-15/h1-8,11-12,14H,9-10,13H2,(H,22,27)(H,23,26). The average molecular weight is 361 g/mol. The highest BCUT2D eigenvalue weighted by Crippen LogP contribution is 2.30. The van der Waals surface area contributed by atoms with Crippen molar-refractivity contribution in [2.45, 2.75) is 19.4 Å². The number of pyridine rings is 1. The molecule has 1 aliphatic rings. The van der Waals surface area contributed by atoms with Crippen LogP contribution in [0.5, 0.6) is 0 Å². The summed E-state index contributed by atoms with van der Waals surface area (Å²) in [5.74, 6) is 0.191. The van der Waals surface area contributed by atoms with E-state index in [1.165, 1.54) is 0 Å². The molecule has 1 aromatic carbocycles. The molecule has 1 aliphatic carbocycles. The molecule has 3 aromatic rings. The highest BCUT2D eigenvalue weighted by atomic mass is 16.2. The van der Waals surface area contributed by atoms with Crippen molar-refractivity contribution in [2.75, 3.05) is 5.32 Å². The van der Waals surface area contributed by atoms with Crippen LogP contribution >= 0.6 is 0 Å². The van der Waals surface area contributed by atoms with Crippen LogP contribution in [0.15, 0.2) is 60.8 Å². The van der Waals surface area contributed by atoms with E-state index in [1.54, 1.807) is 16.9 Å². The number of hydrogen-bond donors (Lipinski definition) is 2. The maximum absolute atomic E-state index is 12.5. The largest absolute Gasteiger partial charge is 0.345 e. The van der Waals surface area contributed by atoms with Gasteiger partial charge in [0.25, 0.3) is 5.91 Å². The molecule has 0 aliphatic heterocycles. The van der Waals surface area contributed by atoms with Crippen molar-refractivity contribution in [3.8, 4) is 5.69 Å². The van der Waals surface area contributed by atoms with Crippen molar-refractivity contribution in [1.29, 1.82) is 0 Å². The molecule has 0 atom stereocenters. The van der Waals surface area contributed by atoms with Gasteiger partial charge in [-0.05, 0) is 37.1 Å². The van der Waals surface area contributed by atoms with E-state index in [2.05, 4.69) is 20.7 Å². The van der Waals surface area contributed by atoms with Crippen LogP contribution in [0, 0.1) is 5.92 Å². The molecule has 2 amide bonds. The van der Waals surface area contributed by atoms with Crippen molar-refractivity contribution in [3.63, 3.8) is 0 Å². The number of anilines is 1. The average Bonchev–Trinajstić information content (AvgIpc) is 3.48. The highest BCUT2D eigenvalue weighted by Gasteiger charge is 2.30. The molecular formula is C20H19N5O2. The lowest BCUT2D eigenvalue weighted by atomic mass is 10.3. The third-order valence-corrected chi connectivity index (χ3v) is 4.30. The van der Waals surface area contributed by atoms with Crippen LogP contribution in [0.2, 0.25) is 0 Å². The van der Waals surface area contributed by atoms with Gasteiger partial charge in [0.1, 0.15) is 5.82 Å². The van der Waals surface area contributed by atoms with E-state index in [1.807, 2.05) is 48.5 Å². The minimum atomic E-state index is -0.322. The van der Waals surface area contributed by atoms with Crippen LogP contribution in [0.25, 0.3) is 5.69 Å². The van der Waals surface area contributed by atoms with E-state index < -0.39 is 0 Å².